The molecule has 1 fully saturated rings. The SMILES string of the molecule is CC(C)N(C)S(=O)(=O)NC1CCC(C(=O)O)C1. The maximum absolute atomic E-state index is 11.9. The molecule has 0 heterocycles. The fourth-order valence-corrected chi connectivity index (χ4v) is 3.24. The van der Waals surface area contributed by atoms with Crippen molar-refractivity contribution in [3.05, 3.63) is 0 Å². The van der Waals surface area contributed by atoms with Crippen molar-refractivity contribution in [3.63, 3.8) is 0 Å². The molecule has 0 aliphatic heterocycles. The molecule has 0 saturated heterocycles. The summed E-state index contributed by atoms with van der Waals surface area (Å²) in [5.41, 5.74) is 0. The Balaban J connectivity index is 2.59. The summed E-state index contributed by atoms with van der Waals surface area (Å²) in [5.74, 6) is -1.27. The number of carboxylic acid groups (broad SMARTS) is 1. The zero-order chi connectivity index (χ0) is 13.2. The lowest BCUT2D eigenvalue weighted by Gasteiger charge is -2.23. The van der Waals surface area contributed by atoms with Gasteiger partial charge in [-0.1, -0.05) is 0 Å². The van der Waals surface area contributed by atoms with Crippen molar-refractivity contribution in [2.24, 2.45) is 5.92 Å². The second-order valence-electron chi connectivity index (χ2n) is 4.78. The second kappa shape index (κ2) is 5.32. The van der Waals surface area contributed by atoms with Gasteiger partial charge in [0.15, 0.2) is 0 Å². The van der Waals surface area contributed by atoms with Crippen LogP contribution in [0.2, 0.25) is 0 Å². The molecule has 0 spiro atoms. The Kier molecular flexibility index (Phi) is 4.51. The van der Waals surface area contributed by atoms with Gasteiger partial charge in [0.25, 0.3) is 10.2 Å². The molecule has 2 N–H and O–H groups in total. The van der Waals surface area contributed by atoms with Gasteiger partial charge in [0.05, 0.1) is 5.92 Å². The molecule has 1 aliphatic rings. The van der Waals surface area contributed by atoms with Crippen LogP contribution in [0.4, 0.5) is 0 Å². The number of carbonyl (C=O) groups is 1. The van der Waals surface area contributed by atoms with Crippen molar-refractivity contribution in [1.82, 2.24) is 9.03 Å². The van der Waals surface area contributed by atoms with E-state index in [1.165, 1.54) is 11.4 Å². The highest BCUT2D eigenvalue weighted by atomic mass is 32.2. The van der Waals surface area contributed by atoms with E-state index in [0.29, 0.717) is 19.3 Å². The maximum atomic E-state index is 11.9. The Morgan fingerprint density at radius 1 is 1.41 bits per heavy atom. The van der Waals surface area contributed by atoms with E-state index < -0.39 is 22.1 Å². The van der Waals surface area contributed by atoms with Gasteiger partial charge in [-0.25, -0.2) is 0 Å². The van der Waals surface area contributed by atoms with Gasteiger partial charge >= 0.3 is 5.97 Å². The number of rotatable bonds is 5. The van der Waals surface area contributed by atoms with Crippen molar-refractivity contribution < 1.29 is 18.3 Å². The van der Waals surface area contributed by atoms with E-state index in [4.69, 9.17) is 5.11 Å². The second-order valence-corrected chi connectivity index (χ2v) is 6.54. The summed E-state index contributed by atoms with van der Waals surface area (Å²) in [6.07, 6.45) is 1.50. The van der Waals surface area contributed by atoms with Crippen LogP contribution in [-0.4, -0.2) is 42.9 Å². The van der Waals surface area contributed by atoms with Crippen molar-refractivity contribution >= 4 is 16.2 Å². The molecule has 100 valence electrons. The van der Waals surface area contributed by atoms with E-state index in [0.717, 1.165) is 0 Å². The standard InChI is InChI=1S/C10H20N2O4S/c1-7(2)12(3)17(15,16)11-9-5-4-8(6-9)10(13)14/h7-9,11H,4-6H2,1-3H3,(H,13,14). The monoisotopic (exact) mass is 264 g/mol. The first-order valence-electron chi connectivity index (χ1n) is 5.72. The molecule has 0 aromatic rings. The molecule has 6 nitrogen and oxygen atoms in total. The van der Waals surface area contributed by atoms with Gasteiger partial charge in [-0.05, 0) is 33.1 Å². The van der Waals surface area contributed by atoms with Crippen molar-refractivity contribution in [2.75, 3.05) is 7.05 Å². The third-order valence-electron chi connectivity index (χ3n) is 3.20. The number of nitrogens with zero attached hydrogens (tertiary/aromatic N) is 1. The molecule has 0 aromatic heterocycles. The Morgan fingerprint density at radius 2 is 2.00 bits per heavy atom. The molecule has 17 heavy (non-hydrogen) atoms. The van der Waals surface area contributed by atoms with Crippen LogP contribution < -0.4 is 4.72 Å². The van der Waals surface area contributed by atoms with Crippen molar-refractivity contribution in [2.45, 2.75) is 45.2 Å². The highest BCUT2D eigenvalue weighted by molar-refractivity contribution is 7.87. The average molecular weight is 264 g/mol. The molecule has 2 unspecified atom stereocenters. The minimum atomic E-state index is -3.50. The molecule has 2 atom stereocenters. The van der Waals surface area contributed by atoms with Crippen LogP contribution in [0.25, 0.3) is 0 Å². The summed E-state index contributed by atoms with van der Waals surface area (Å²) >= 11 is 0. The van der Waals surface area contributed by atoms with E-state index in [-0.39, 0.29) is 12.1 Å². The molecule has 0 aromatic carbocycles. The lowest BCUT2D eigenvalue weighted by Crippen LogP contribution is -2.45. The predicted molar refractivity (Wildman–Crippen MR) is 63.7 cm³/mol. The molecule has 1 aliphatic carbocycles. The van der Waals surface area contributed by atoms with E-state index in [2.05, 4.69) is 4.72 Å². The quantitative estimate of drug-likeness (QED) is 0.753. The topological polar surface area (TPSA) is 86.7 Å². The van der Waals surface area contributed by atoms with E-state index in [1.54, 1.807) is 13.8 Å². The van der Waals surface area contributed by atoms with Gasteiger partial charge in [-0.15, -0.1) is 0 Å². The van der Waals surface area contributed by atoms with Gasteiger partial charge in [0, 0.05) is 19.1 Å². The van der Waals surface area contributed by atoms with Crippen LogP contribution in [0, 0.1) is 5.92 Å². The molecule has 0 bridgehead atoms. The fraction of sp³-hybridized carbons (Fsp3) is 0.900. The summed E-state index contributed by atoms with van der Waals surface area (Å²) in [4.78, 5) is 10.8. The Hall–Kier alpha value is -0.660. The van der Waals surface area contributed by atoms with Crippen LogP contribution in [-0.2, 0) is 15.0 Å². The zero-order valence-electron chi connectivity index (χ0n) is 10.4. The van der Waals surface area contributed by atoms with Gasteiger partial charge in [0.1, 0.15) is 0 Å². The molecular weight excluding hydrogens is 244 g/mol. The van der Waals surface area contributed by atoms with Gasteiger partial charge in [0.2, 0.25) is 0 Å². The first-order chi connectivity index (χ1) is 7.74. The van der Waals surface area contributed by atoms with Crippen molar-refractivity contribution in [3.8, 4) is 0 Å². The van der Waals surface area contributed by atoms with Crippen LogP contribution in [0.3, 0.4) is 0 Å². The van der Waals surface area contributed by atoms with Gasteiger partial charge in [-0.3, -0.25) is 4.79 Å². The van der Waals surface area contributed by atoms with E-state index in [9.17, 15) is 13.2 Å². The van der Waals surface area contributed by atoms with Gasteiger partial charge < -0.3 is 5.11 Å². The number of carboxylic acids is 1. The first-order valence-corrected chi connectivity index (χ1v) is 7.16. The fourth-order valence-electron chi connectivity index (χ4n) is 1.88. The molecule has 7 heteroatoms. The summed E-state index contributed by atoms with van der Waals surface area (Å²) in [7, 11) is -1.99. The van der Waals surface area contributed by atoms with Crippen LogP contribution in [0.5, 0.6) is 0 Å². The minimum absolute atomic E-state index is 0.121. The number of aliphatic carboxylic acids is 1. The third kappa shape index (κ3) is 3.65. The Bertz CT molecular complexity index is 380. The summed E-state index contributed by atoms with van der Waals surface area (Å²) in [6.45, 7) is 3.57. The lowest BCUT2D eigenvalue weighted by molar-refractivity contribution is -0.141. The lowest BCUT2D eigenvalue weighted by atomic mass is 10.1. The zero-order valence-corrected chi connectivity index (χ0v) is 11.2. The highest BCUT2D eigenvalue weighted by Crippen LogP contribution is 2.26. The van der Waals surface area contributed by atoms with E-state index in [1.807, 2.05) is 0 Å². The molecule has 0 amide bonds. The van der Waals surface area contributed by atoms with Crippen LogP contribution in [0.1, 0.15) is 33.1 Å². The van der Waals surface area contributed by atoms with Gasteiger partial charge in [-0.2, -0.15) is 17.4 Å². The minimum Gasteiger partial charge on any atom is -0.481 e. The molecular formula is C10H20N2O4S. The Morgan fingerprint density at radius 3 is 2.41 bits per heavy atom. The van der Waals surface area contributed by atoms with E-state index >= 15 is 0 Å². The largest absolute Gasteiger partial charge is 0.481 e. The maximum Gasteiger partial charge on any atom is 0.306 e. The summed E-state index contributed by atoms with van der Waals surface area (Å²) in [5, 5.41) is 8.84. The predicted octanol–water partition coefficient (Wildman–Crippen LogP) is 0.414. The Labute approximate surface area is 102 Å². The normalized spacial score (nSPS) is 25.7. The smallest absolute Gasteiger partial charge is 0.306 e. The van der Waals surface area contributed by atoms with Crippen LogP contribution >= 0.6 is 0 Å². The average Bonchev–Trinajstić information content (AvgIpc) is 2.64. The number of hydrogen-bond acceptors (Lipinski definition) is 3. The van der Waals surface area contributed by atoms with Crippen LogP contribution in [0.15, 0.2) is 0 Å². The summed E-state index contributed by atoms with van der Waals surface area (Å²) < 4.78 is 27.6. The number of nitrogens with one attached hydrogen (secondary N) is 1. The first kappa shape index (κ1) is 14.4. The number of hydrogen-bond donors (Lipinski definition) is 2. The molecule has 1 saturated carbocycles. The molecule has 1 rings (SSSR count). The van der Waals surface area contributed by atoms with Crippen molar-refractivity contribution in [1.29, 1.82) is 0 Å². The summed E-state index contributed by atoms with van der Waals surface area (Å²) in [6, 6.07) is -0.383. The third-order valence-corrected chi connectivity index (χ3v) is 5.01. The highest BCUT2D eigenvalue weighted by Gasteiger charge is 2.33. The molecule has 0 radical (unpaired) electrons.